The summed E-state index contributed by atoms with van der Waals surface area (Å²) in [7, 11) is 0. The van der Waals surface area contributed by atoms with Gasteiger partial charge in [0, 0.05) is 11.3 Å². The van der Waals surface area contributed by atoms with Crippen molar-refractivity contribution in [2.75, 3.05) is 5.32 Å². The van der Waals surface area contributed by atoms with Crippen molar-refractivity contribution in [1.29, 1.82) is 0 Å². The van der Waals surface area contributed by atoms with Gasteiger partial charge < -0.3 is 10.6 Å². The van der Waals surface area contributed by atoms with Gasteiger partial charge in [-0.25, -0.2) is 4.98 Å². The Kier molecular flexibility index (Phi) is 5.94. The number of carbonyl (C=O) groups is 2. The molecule has 1 aliphatic carbocycles. The second-order valence-corrected chi connectivity index (χ2v) is 7.21. The van der Waals surface area contributed by atoms with E-state index in [4.69, 9.17) is 0 Å². The highest BCUT2D eigenvalue weighted by atomic mass is 32.1. The lowest BCUT2D eigenvalue weighted by molar-refractivity contribution is -0.130. The highest BCUT2D eigenvalue weighted by Crippen LogP contribution is 2.24. The van der Waals surface area contributed by atoms with Crippen molar-refractivity contribution in [2.45, 2.75) is 58.9 Å². The van der Waals surface area contributed by atoms with Crippen molar-refractivity contribution >= 4 is 28.3 Å². The van der Waals surface area contributed by atoms with E-state index in [0.29, 0.717) is 5.13 Å². The first-order valence-electron chi connectivity index (χ1n) is 8.00. The van der Waals surface area contributed by atoms with Gasteiger partial charge >= 0.3 is 0 Å². The number of amides is 2. The van der Waals surface area contributed by atoms with Gasteiger partial charge in [0.1, 0.15) is 6.04 Å². The summed E-state index contributed by atoms with van der Waals surface area (Å²) in [6.07, 6.45) is 5.29. The van der Waals surface area contributed by atoms with Gasteiger partial charge in [0.25, 0.3) is 0 Å². The van der Waals surface area contributed by atoms with Crippen molar-refractivity contribution in [2.24, 2.45) is 11.8 Å². The Hall–Kier alpha value is -1.43. The predicted molar refractivity (Wildman–Crippen MR) is 88.8 cm³/mol. The third-order valence-electron chi connectivity index (χ3n) is 4.07. The van der Waals surface area contributed by atoms with Gasteiger partial charge in [-0.1, -0.05) is 33.1 Å². The minimum absolute atomic E-state index is 0.0175. The summed E-state index contributed by atoms with van der Waals surface area (Å²) in [4.78, 5) is 29.0. The third-order valence-corrected chi connectivity index (χ3v) is 4.95. The molecule has 1 aromatic rings. The SMILES string of the molecule is Cc1csc(NC(=O)C(NC(=O)C2CCCCC2)C(C)C)n1. The zero-order chi connectivity index (χ0) is 16.1. The summed E-state index contributed by atoms with van der Waals surface area (Å²) >= 11 is 1.40. The van der Waals surface area contributed by atoms with Crippen molar-refractivity contribution in [1.82, 2.24) is 10.3 Å². The van der Waals surface area contributed by atoms with Crippen LogP contribution in [0.1, 0.15) is 51.6 Å². The molecule has 1 aromatic heterocycles. The molecule has 122 valence electrons. The number of hydrogen-bond acceptors (Lipinski definition) is 4. The molecule has 0 aliphatic heterocycles. The molecule has 2 rings (SSSR count). The highest BCUT2D eigenvalue weighted by molar-refractivity contribution is 7.13. The van der Waals surface area contributed by atoms with Crippen LogP contribution in [0.5, 0.6) is 0 Å². The number of aromatic nitrogens is 1. The largest absolute Gasteiger partial charge is 0.344 e. The van der Waals surface area contributed by atoms with Crippen LogP contribution in [-0.2, 0) is 9.59 Å². The Bertz CT molecular complexity index is 521. The lowest BCUT2D eigenvalue weighted by Crippen LogP contribution is -2.49. The van der Waals surface area contributed by atoms with Crippen molar-refractivity contribution < 1.29 is 9.59 Å². The second kappa shape index (κ2) is 7.72. The van der Waals surface area contributed by atoms with E-state index in [9.17, 15) is 9.59 Å². The van der Waals surface area contributed by atoms with Gasteiger partial charge in [0.15, 0.2) is 5.13 Å². The molecule has 22 heavy (non-hydrogen) atoms. The molecule has 2 N–H and O–H groups in total. The van der Waals surface area contributed by atoms with Gasteiger partial charge in [-0.2, -0.15) is 0 Å². The molecule has 0 bridgehead atoms. The fraction of sp³-hybridized carbons (Fsp3) is 0.688. The van der Waals surface area contributed by atoms with Gasteiger partial charge in [-0.3, -0.25) is 9.59 Å². The summed E-state index contributed by atoms with van der Waals surface area (Å²) in [6.45, 7) is 5.77. The molecule has 0 radical (unpaired) electrons. The highest BCUT2D eigenvalue weighted by Gasteiger charge is 2.28. The Morgan fingerprint density at radius 2 is 1.95 bits per heavy atom. The maximum absolute atomic E-state index is 12.4. The topological polar surface area (TPSA) is 71.1 Å². The molecular formula is C16H25N3O2S. The number of nitrogens with one attached hydrogen (secondary N) is 2. The first-order chi connectivity index (χ1) is 10.5. The van der Waals surface area contributed by atoms with Crippen molar-refractivity contribution in [3.05, 3.63) is 11.1 Å². The lowest BCUT2D eigenvalue weighted by Gasteiger charge is -2.26. The van der Waals surface area contributed by atoms with Crippen LogP contribution in [0, 0.1) is 18.8 Å². The maximum atomic E-state index is 12.4. The quantitative estimate of drug-likeness (QED) is 0.874. The molecule has 1 heterocycles. The van der Waals surface area contributed by atoms with Crippen LogP contribution < -0.4 is 10.6 Å². The van der Waals surface area contributed by atoms with Crippen LogP contribution in [-0.4, -0.2) is 22.8 Å². The van der Waals surface area contributed by atoms with Gasteiger partial charge in [-0.15, -0.1) is 11.3 Å². The molecule has 0 aromatic carbocycles. The van der Waals surface area contributed by atoms with Crippen molar-refractivity contribution in [3.8, 4) is 0 Å². The first kappa shape index (κ1) is 16.9. The number of aryl methyl sites for hydroxylation is 1. The molecule has 0 spiro atoms. The minimum atomic E-state index is -0.515. The Morgan fingerprint density at radius 1 is 1.27 bits per heavy atom. The van der Waals surface area contributed by atoms with Crippen molar-refractivity contribution in [3.63, 3.8) is 0 Å². The molecule has 1 saturated carbocycles. The summed E-state index contributed by atoms with van der Waals surface area (Å²) in [5.41, 5.74) is 0.882. The van der Waals surface area contributed by atoms with E-state index in [2.05, 4.69) is 15.6 Å². The molecule has 0 saturated heterocycles. The molecule has 6 heteroatoms. The zero-order valence-electron chi connectivity index (χ0n) is 13.5. The standard InChI is InChI=1S/C16H25N3O2S/c1-10(2)13(15(21)19-16-17-11(3)9-22-16)18-14(20)12-7-5-4-6-8-12/h9-10,12-13H,4-8H2,1-3H3,(H,18,20)(H,17,19,21). The van der Waals surface area contributed by atoms with E-state index in [1.54, 1.807) is 0 Å². The molecule has 1 atom stereocenters. The summed E-state index contributed by atoms with van der Waals surface area (Å²) < 4.78 is 0. The van der Waals surface area contributed by atoms with Crippen LogP contribution in [0.3, 0.4) is 0 Å². The van der Waals surface area contributed by atoms with Crippen LogP contribution in [0.4, 0.5) is 5.13 Å². The Labute approximate surface area is 135 Å². The second-order valence-electron chi connectivity index (χ2n) is 6.35. The molecule has 1 unspecified atom stereocenters. The number of anilines is 1. The number of hydrogen-bond donors (Lipinski definition) is 2. The fourth-order valence-corrected chi connectivity index (χ4v) is 3.46. The average molecular weight is 323 g/mol. The lowest BCUT2D eigenvalue weighted by atomic mass is 9.88. The number of carbonyl (C=O) groups excluding carboxylic acids is 2. The molecule has 2 amide bonds. The monoisotopic (exact) mass is 323 g/mol. The summed E-state index contributed by atoms with van der Waals surface area (Å²) in [6, 6.07) is -0.515. The first-order valence-corrected chi connectivity index (χ1v) is 8.88. The number of nitrogens with zero attached hydrogens (tertiary/aromatic N) is 1. The van der Waals surface area contributed by atoms with Crippen LogP contribution in [0.25, 0.3) is 0 Å². The van der Waals surface area contributed by atoms with Crippen LogP contribution in [0.2, 0.25) is 0 Å². The number of rotatable bonds is 5. The average Bonchev–Trinajstić information content (AvgIpc) is 2.90. The van der Waals surface area contributed by atoms with Gasteiger partial charge in [0.2, 0.25) is 11.8 Å². The Balaban J connectivity index is 1.96. The minimum Gasteiger partial charge on any atom is -0.344 e. The van der Waals surface area contributed by atoms with Crippen LogP contribution >= 0.6 is 11.3 Å². The normalized spacial score (nSPS) is 17.3. The maximum Gasteiger partial charge on any atom is 0.248 e. The molecule has 5 nitrogen and oxygen atoms in total. The number of thiazole rings is 1. The third kappa shape index (κ3) is 4.53. The van der Waals surface area contributed by atoms with E-state index in [1.165, 1.54) is 17.8 Å². The summed E-state index contributed by atoms with van der Waals surface area (Å²) in [5, 5.41) is 8.22. The predicted octanol–water partition coefficient (Wildman–Crippen LogP) is 3.11. The summed E-state index contributed by atoms with van der Waals surface area (Å²) in [5.74, 6) is -0.0733. The van der Waals surface area contributed by atoms with E-state index < -0.39 is 6.04 Å². The fourth-order valence-electron chi connectivity index (χ4n) is 2.77. The van der Waals surface area contributed by atoms with Gasteiger partial charge in [-0.05, 0) is 25.7 Å². The zero-order valence-corrected chi connectivity index (χ0v) is 14.3. The van der Waals surface area contributed by atoms with E-state index in [-0.39, 0.29) is 23.7 Å². The van der Waals surface area contributed by atoms with E-state index >= 15 is 0 Å². The van der Waals surface area contributed by atoms with E-state index in [1.807, 2.05) is 26.2 Å². The van der Waals surface area contributed by atoms with E-state index in [0.717, 1.165) is 31.4 Å². The molecule has 1 fully saturated rings. The van der Waals surface area contributed by atoms with Gasteiger partial charge in [0.05, 0.1) is 5.69 Å². The Morgan fingerprint density at radius 3 is 2.50 bits per heavy atom. The molecule has 1 aliphatic rings. The van der Waals surface area contributed by atoms with Crippen LogP contribution in [0.15, 0.2) is 5.38 Å². The smallest absolute Gasteiger partial charge is 0.248 e. The molecular weight excluding hydrogens is 298 g/mol.